The van der Waals surface area contributed by atoms with Crippen LogP contribution in [0.1, 0.15) is 65.7 Å². The number of hydrogen-bond acceptors (Lipinski definition) is 6. The number of rotatable bonds is 6. The molecule has 2 aliphatic rings. The molecule has 8 nitrogen and oxygen atoms in total. The number of pyridine rings is 1. The van der Waals surface area contributed by atoms with Crippen molar-refractivity contribution < 1.29 is 8.42 Å². The van der Waals surface area contributed by atoms with Crippen LogP contribution in [0.4, 0.5) is 0 Å². The fraction of sp³-hybridized carbons (Fsp3) is 0.538. The molecule has 1 saturated heterocycles. The van der Waals surface area contributed by atoms with Crippen molar-refractivity contribution in [2.75, 3.05) is 18.8 Å². The lowest BCUT2D eigenvalue weighted by molar-refractivity contribution is 0.211. The van der Waals surface area contributed by atoms with Crippen molar-refractivity contribution in [3.8, 4) is 11.3 Å². The Morgan fingerprint density at radius 3 is 2.64 bits per heavy atom. The molecule has 0 unspecified atom stereocenters. The van der Waals surface area contributed by atoms with Gasteiger partial charge in [-0.15, -0.1) is 11.3 Å². The fourth-order valence-corrected chi connectivity index (χ4v) is 8.65. The van der Waals surface area contributed by atoms with Crippen molar-refractivity contribution in [1.82, 2.24) is 24.5 Å². The largest absolute Gasteiger partial charge is 0.346 e. The van der Waals surface area contributed by atoms with Crippen LogP contribution in [-0.2, 0) is 10.0 Å². The van der Waals surface area contributed by atoms with Crippen LogP contribution in [0.3, 0.4) is 0 Å². The molecule has 192 valence electrons. The van der Waals surface area contributed by atoms with Gasteiger partial charge in [-0.1, -0.05) is 13.8 Å². The first-order valence-electron chi connectivity index (χ1n) is 12.7. The topological polar surface area (TPSA) is 109 Å². The number of hydrogen-bond donors (Lipinski definition) is 2. The van der Waals surface area contributed by atoms with Crippen molar-refractivity contribution in [3.63, 3.8) is 0 Å². The summed E-state index contributed by atoms with van der Waals surface area (Å²) >= 11 is 1.92. The van der Waals surface area contributed by atoms with Gasteiger partial charge in [-0.3, -0.25) is 4.90 Å². The molecule has 1 aliphatic heterocycles. The summed E-state index contributed by atoms with van der Waals surface area (Å²) in [6.07, 6.45) is 5.97. The Kier molecular flexibility index (Phi) is 5.60. The van der Waals surface area contributed by atoms with E-state index in [1.807, 2.05) is 15.9 Å². The number of sulfonamides is 1. The molecule has 10 heteroatoms. The first kappa shape index (κ1) is 24.1. The molecule has 2 fully saturated rings. The zero-order chi connectivity index (χ0) is 25.5. The maximum atomic E-state index is 11.4. The number of nitrogens with two attached hydrogens (primary N) is 1. The van der Waals surface area contributed by atoms with Gasteiger partial charge >= 0.3 is 0 Å². The van der Waals surface area contributed by atoms with E-state index in [2.05, 4.69) is 60.8 Å². The van der Waals surface area contributed by atoms with Crippen LogP contribution in [0.5, 0.6) is 0 Å². The molecule has 6 rings (SSSR count). The molecular formula is C26H34N6O2S2. The molecule has 5 heterocycles. The fourth-order valence-electron chi connectivity index (χ4n) is 6.73. The minimum atomic E-state index is -3.42. The van der Waals surface area contributed by atoms with Crippen LogP contribution in [0.15, 0.2) is 12.5 Å². The first-order chi connectivity index (χ1) is 17.0. The maximum Gasteiger partial charge on any atom is 0.210 e. The Balaban J connectivity index is 1.37. The molecule has 3 atom stereocenters. The van der Waals surface area contributed by atoms with Crippen molar-refractivity contribution >= 4 is 37.2 Å². The highest BCUT2D eigenvalue weighted by Gasteiger charge is 2.46. The van der Waals surface area contributed by atoms with E-state index in [9.17, 15) is 8.42 Å². The number of fused-ring (bicyclic) bond motifs is 4. The summed E-state index contributed by atoms with van der Waals surface area (Å²) < 4.78 is 24.8. The van der Waals surface area contributed by atoms with E-state index >= 15 is 0 Å². The molecule has 1 aliphatic carbocycles. The molecule has 2 bridgehead atoms. The Labute approximate surface area is 216 Å². The van der Waals surface area contributed by atoms with Crippen molar-refractivity contribution in [2.45, 2.75) is 65.3 Å². The normalized spacial score (nSPS) is 22.7. The number of primary sulfonamides is 1. The summed E-state index contributed by atoms with van der Waals surface area (Å²) in [5, 5.41) is 11.0. The SMILES string of the molecule is Cc1c(-c2[nH]c3sc([C@@H]4C[C@@H]5C[C@H]4CN5CCS(N)(=O)=O)c(C)c3c2C(C)C)cn2ncnc2c1C. The third kappa shape index (κ3) is 3.72. The van der Waals surface area contributed by atoms with Gasteiger partial charge in [0, 0.05) is 41.2 Å². The number of nitrogens with zero attached hydrogens (tertiary/aromatic N) is 4. The second-order valence-corrected chi connectivity index (χ2v) is 13.8. The van der Waals surface area contributed by atoms with Crippen LogP contribution in [0, 0.1) is 26.7 Å². The molecule has 0 spiro atoms. The lowest BCUT2D eigenvalue weighted by Gasteiger charge is -2.31. The number of nitrogens with one attached hydrogen (secondary N) is 1. The zero-order valence-electron chi connectivity index (χ0n) is 21.5. The highest BCUT2D eigenvalue weighted by atomic mass is 32.2. The van der Waals surface area contributed by atoms with E-state index in [1.54, 1.807) is 6.33 Å². The lowest BCUT2D eigenvalue weighted by atomic mass is 9.88. The average Bonchev–Trinajstić information content (AvgIpc) is 3.60. The standard InChI is InChI=1S/C26H34N6O2S2/c1-13(2)21-22-16(5)24(19-9-18-8-17(19)10-31(18)6-7-36(27,33)34)35-26(22)30-23(21)20-11-32-25(28-12-29-32)15(4)14(20)3/h11-13,17-19,30H,6-10H2,1-5H3,(H2,27,33,34)/t17-,18-,19+/m0/s1. The number of aromatic amines is 1. The summed E-state index contributed by atoms with van der Waals surface area (Å²) in [7, 11) is -3.42. The molecule has 4 aromatic heterocycles. The van der Waals surface area contributed by atoms with Gasteiger partial charge in [0.25, 0.3) is 0 Å². The Morgan fingerprint density at radius 2 is 1.97 bits per heavy atom. The quantitative estimate of drug-likeness (QED) is 0.386. The van der Waals surface area contributed by atoms with Gasteiger partial charge in [-0.2, -0.15) is 5.10 Å². The van der Waals surface area contributed by atoms with Crippen LogP contribution in [0.2, 0.25) is 0 Å². The van der Waals surface area contributed by atoms with Gasteiger partial charge < -0.3 is 4.98 Å². The van der Waals surface area contributed by atoms with Crippen molar-refractivity contribution in [1.29, 1.82) is 0 Å². The van der Waals surface area contributed by atoms with Gasteiger partial charge in [-0.05, 0) is 73.6 Å². The van der Waals surface area contributed by atoms with E-state index in [0.717, 1.165) is 30.6 Å². The smallest absolute Gasteiger partial charge is 0.210 e. The summed E-state index contributed by atoms with van der Waals surface area (Å²) in [5.41, 5.74) is 8.46. The van der Waals surface area contributed by atoms with E-state index in [0.29, 0.717) is 30.3 Å². The van der Waals surface area contributed by atoms with Gasteiger partial charge in [-0.25, -0.2) is 23.1 Å². The molecule has 36 heavy (non-hydrogen) atoms. The molecular weight excluding hydrogens is 492 g/mol. The van der Waals surface area contributed by atoms with E-state index in [1.165, 1.54) is 43.0 Å². The van der Waals surface area contributed by atoms with Crippen molar-refractivity contribution in [3.05, 3.63) is 39.7 Å². The van der Waals surface area contributed by atoms with Crippen LogP contribution >= 0.6 is 11.3 Å². The molecule has 1 saturated carbocycles. The third-order valence-corrected chi connectivity index (χ3v) is 10.7. The molecule has 4 aromatic rings. The number of aromatic nitrogens is 4. The highest BCUT2D eigenvalue weighted by molar-refractivity contribution is 7.89. The third-order valence-electron chi connectivity index (χ3n) is 8.59. The average molecular weight is 527 g/mol. The van der Waals surface area contributed by atoms with Crippen LogP contribution in [0.25, 0.3) is 27.1 Å². The van der Waals surface area contributed by atoms with Gasteiger partial charge in [0.15, 0.2) is 5.65 Å². The molecule has 0 amide bonds. The lowest BCUT2D eigenvalue weighted by Crippen LogP contribution is -2.38. The van der Waals surface area contributed by atoms with E-state index in [-0.39, 0.29) is 5.75 Å². The summed E-state index contributed by atoms with van der Waals surface area (Å²) in [4.78, 5) is 13.3. The van der Waals surface area contributed by atoms with Gasteiger partial charge in [0.05, 0.1) is 11.4 Å². The number of H-pyrrole nitrogens is 1. The van der Waals surface area contributed by atoms with Gasteiger partial charge in [0.1, 0.15) is 11.2 Å². The minimum absolute atomic E-state index is 0.0434. The van der Waals surface area contributed by atoms with Crippen LogP contribution < -0.4 is 5.14 Å². The Bertz CT molecular complexity index is 1600. The highest BCUT2D eigenvalue weighted by Crippen LogP contribution is 2.53. The first-order valence-corrected chi connectivity index (χ1v) is 15.3. The van der Waals surface area contributed by atoms with Gasteiger partial charge in [0.2, 0.25) is 10.0 Å². The second kappa shape index (κ2) is 8.37. The van der Waals surface area contributed by atoms with Crippen molar-refractivity contribution in [2.24, 2.45) is 11.1 Å². The summed E-state index contributed by atoms with van der Waals surface area (Å²) in [6.45, 7) is 12.7. The van der Waals surface area contributed by atoms with Crippen LogP contribution in [-0.4, -0.2) is 57.8 Å². The summed E-state index contributed by atoms with van der Waals surface area (Å²) in [5.74, 6) is 1.54. The Hall–Kier alpha value is -2.27. The number of likely N-dealkylation sites (tertiary alicyclic amines) is 1. The minimum Gasteiger partial charge on any atom is -0.346 e. The Morgan fingerprint density at radius 1 is 1.19 bits per heavy atom. The van der Waals surface area contributed by atoms with E-state index in [4.69, 9.17) is 5.14 Å². The predicted octanol–water partition coefficient (Wildman–Crippen LogP) is 4.45. The molecule has 0 radical (unpaired) electrons. The second-order valence-electron chi connectivity index (χ2n) is 11.0. The van der Waals surface area contributed by atoms with E-state index < -0.39 is 10.0 Å². The maximum absolute atomic E-state index is 11.4. The monoisotopic (exact) mass is 526 g/mol. The molecule has 3 N–H and O–H groups in total. The zero-order valence-corrected chi connectivity index (χ0v) is 23.1. The molecule has 0 aromatic carbocycles. The predicted molar refractivity (Wildman–Crippen MR) is 145 cm³/mol. The summed E-state index contributed by atoms with van der Waals surface area (Å²) in [6, 6.07) is 0.460. The number of aryl methyl sites for hydroxylation is 2. The number of piperidine rings is 1. The number of thiophene rings is 1.